The fourth-order valence-corrected chi connectivity index (χ4v) is 5.16. The number of nitrogens with one attached hydrogen (secondary N) is 2. The Kier molecular flexibility index (Phi) is 9.37. The Balaban J connectivity index is 1.62. The minimum absolute atomic E-state index is 0.0533. The second-order valence-electron chi connectivity index (χ2n) is 12.2. The summed E-state index contributed by atoms with van der Waals surface area (Å²) >= 11 is 0. The van der Waals surface area contributed by atoms with Crippen molar-refractivity contribution in [1.29, 1.82) is 0 Å². The lowest BCUT2D eigenvalue weighted by Crippen LogP contribution is -2.49. The van der Waals surface area contributed by atoms with Crippen LogP contribution in [0.3, 0.4) is 0 Å². The molecule has 2 saturated heterocycles. The molecule has 4 heterocycles. The van der Waals surface area contributed by atoms with E-state index in [2.05, 4.69) is 20.6 Å². The Morgan fingerprint density at radius 1 is 1.07 bits per heavy atom. The van der Waals surface area contributed by atoms with Gasteiger partial charge in [-0.3, -0.25) is 14.4 Å². The molecule has 0 aliphatic carbocycles. The Hall–Kier alpha value is -4.16. The van der Waals surface area contributed by atoms with E-state index in [-0.39, 0.29) is 40.5 Å². The van der Waals surface area contributed by atoms with Crippen LogP contribution in [0, 0.1) is 0 Å². The first kappa shape index (κ1) is 30.8. The average Bonchev–Trinajstić information content (AvgIpc) is 2.92. The molecule has 2 aliphatic rings. The summed E-state index contributed by atoms with van der Waals surface area (Å²) in [6.07, 6.45) is 6.89. The predicted octanol–water partition coefficient (Wildman–Crippen LogP) is 3.18. The van der Waals surface area contributed by atoms with Gasteiger partial charge in [0.15, 0.2) is 0 Å². The van der Waals surface area contributed by atoms with E-state index in [4.69, 9.17) is 10.5 Å². The molecule has 4 N–H and O–H groups in total. The topological polar surface area (TPSA) is 165 Å². The van der Waals surface area contributed by atoms with E-state index in [0.717, 1.165) is 32.1 Å². The smallest absolute Gasteiger partial charge is 0.407 e. The van der Waals surface area contributed by atoms with E-state index in [1.807, 2.05) is 39.5 Å². The Labute approximate surface area is 245 Å². The van der Waals surface area contributed by atoms with Crippen molar-refractivity contribution >= 4 is 35.4 Å². The van der Waals surface area contributed by atoms with Crippen molar-refractivity contribution in [3.8, 4) is 0 Å². The summed E-state index contributed by atoms with van der Waals surface area (Å²) in [5.41, 5.74) is 5.20. The van der Waals surface area contributed by atoms with Gasteiger partial charge in [0.25, 0.3) is 17.4 Å². The molecule has 0 unspecified atom stereocenters. The molecule has 3 amide bonds. The molecule has 2 fully saturated rings. The molecule has 0 spiro atoms. The third-order valence-corrected chi connectivity index (χ3v) is 7.20. The SMILES string of the molecule is CC(C)n1cc(Nc2nc(N3CCC[C@H](NC(=O)OC(C)(C)C)C3)ncc2C(N)=O)cc(C(=O)N2CCCCC2)c1=O. The number of aromatic nitrogens is 3. The van der Waals surface area contributed by atoms with Gasteiger partial charge in [0.1, 0.15) is 22.5 Å². The average molecular weight is 583 g/mol. The van der Waals surface area contributed by atoms with Crippen LogP contribution in [0.4, 0.5) is 22.2 Å². The minimum atomic E-state index is -0.728. The number of hydrogen-bond acceptors (Lipinski definition) is 9. The standard InChI is InChI=1S/C29H42N8O5/c1-18(2)37-17-20(14-21(26(37)40)25(39)35-11-7-6-8-12-35)32-24-22(23(30)38)15-31-27(34-24)36-13-9-10-19(16-36)33-28(41)42-29(3,4)5/h14-15,17-19H,6-13,16H2,1-5H3,(H2,30,38)(H,33,41)(H,31,32,34)/t19-/m0/s1. The Bertz CT molecular complexity index is 1380. The van der Waals surface area contributed by atoms with Gasteiger partial charge in [0, 0.05) is 50.7 Å². The van der Waals surface area contributed by atoms with Crippen LogP contribution in [-0.4, -0.2) is 75.2 Å². The lowest BCUT2D eigenvalue weighted by Gasteiger charge is -2.33. The maximum atomic E-state index is 13.4. The van der Waals surface area contributed by atoms with E-state index in [1.165, 1.54) is 16.8 Å². The molecule has 4 rings (SSSR count). The van der Waals surface area contributed by atoms with Crippen LogP contribution >= 0.6 is 0 Å². The number of nitrogens with two attached hydrogens (primary N) is 1. The molecule has 2 aliphatic heterocycles. The van der Waals surface area contributed by atoms with Gasteiger partial charge < -0.3 is 35.5 Å². The van der Waals surface area contributed by atoms with E-state index in [1.54, 1.807) is 11.1 Å². The van der Waals surface area contributed by atoms with Crippen LogP contribution in [0.1, 0.15) is 93.5 Å². The highest BCUT2D eigenvalue weighted by molar-refractivity contribution is 5.98. The van der Waals surface area contributed by atoms with E-state index < -0.39 is 17.6 Å². The first-order chi connectivity index (χ1) is 19.8. The first-order valence-electron chi connectivity index (χ1n) is 14.6. The summed E-state index contributed by atoms with van der Waals surface area (Å²) in [5, 5.41) is 6.03. The maximum absolute atomic E-state index is 13.4. The zero-order valence-corrected chi connectivity index (χ0v) is 25.1. The molecular weight excluding hydrogens is 540 g/mol. The van der Waals surface area contributed by atoms with E-state index in [0.29, 0.717) is 37.8 Å². The minimum Gasteiger partial charge on any atom is -0.444 e. The molecule has 1 atom stereocenters. The van der Waals surface area contributed by atoms with Gasteiger partial charge in [0.2, 0.25) is 5.95 Å². The fourth-order valence-electron chi connectivity index (χ4n) is 5.16. The van der Waals surface area contributed by atoms with Gasteiger partial charge in [-0.05, 0) is 72.8 Å². The predicted molar refractivity (Wildman–Crippen MR) is 159 cm³/mol. The van der Waals surface area contributed by atoms with E-state index in [9.17, 15) is 19.2 Å². The van der Waals surface area contributed by atoms with Crippen LogP contribution in [-0.2, 0) is 4.74 Å². The van der Waals surface area contributed by atoms with Crippen molar-refractivity contribution in [2.24, 2.45) is 5.73 Å². The van der Waals surface area contributed by atoms with Gasteiger partial charge in [-0.25, -0.2) is 9.78 Å². The fraction of sp³-hybridized carbons (Fsp3) is 0.586. The molecule has 0 bridgehead atoms. The highest BCUT2D eigenvalue weighted by atomic mass is 16.6. The van der Waals surface area contributed by atoms with Crippen LogP contribution in [0.2, 0.25) is 0 Å². The highest BCUT2D eigenvalue weighted by Gasteiger charge is 2.27. The summed E-state index contributed by atoms with van der Waals surface area (Å²) in [4.78, 5) is 63.9. The largest absolute Gasteiger partial charge is 0.444 e. The highest BCUT2D eigenvalue weighted by Crippen LogP contribution is 2.24. The van der Waals surface area contributed by atoms with Crippen molar-refractivity contribution < 1.29 is 19.1 Å². The number of pyridine rings is 1. The second-order valence-corrected chi connectivity index (χ2v) is 12.2. The number of piperidine rings is 2. The number of likely N-dealkylation sites (tertiary alicyclic amines) is 1. The molecule has 13 nitrogen and oxygen atoms in total. The summed E-state index contributed by atoms with van der Waals surface area (Å²) in [6.45, 7) is 11.4. The first-order valence-corrected chi connectivity index (χ1v) is 14.6. The van der Waals surface area contributed by atoms with Crippen LogP contribution < -0.4 is 26.8 Å². The summed E-state index contributed by atoms with van der Waals surface area (Å²) < 4.78 is 6.89. The molecule has 0 aromatic carbocycles. The van der Waals surface area contributed by atoms with Gasteiger partial charge in [-0.2, -0.15) is 4.98 Å². The van der Waals surface area contributed by atoms with E-state index >= 15 is 0 Å². The van der Waals surface area contributed by atoms with Crippen LogP contribution in [0.25, 0.3) is 0 Å². The van der Waals surface area contributed by atoms with Crippen molar-refractivity contribution in [3.05, 3.63) is 39.9 Å². The zero-order chi connectivity index (χ0) is 30.6. The molecule has 2 aromatic rings. The number of alkyl carbamates (subject to hydrolysis) is 1. The Morgan fingerprint density at radius 2 is 1.79 bits per heavy atom. The normalized spacial score (nSPS) is 17.6. The van der Waals surface area contributed by atoms with Crippen molar-refractivity contribution in [2.45, 2.75) is 84.4 Å². The zero-order valence-electron chi connectivity index (χ0n) is 25.1. The second kappa shape index (κ2) is 12.8. The number of ether oxygens (including phenoxy) is 1. The van der Waals surface area contributed by atoms with Gasteiger partial charge in [-0.15, -0.1) is 0 Å². The summed E-state index contributed by atoms with van der Waals surface area (Å²) in [6, 6.07) is 1.11. The molecular formula is C29H42N8O5. The van der Waals surface area contributed by atoms with Gasteiger partial charge >= 0.3 is 6.09 Å². The lowest BCUT2D eigenvalue weighted by molar-refractivity contribution is 0.0499. The number of primary amides is 1. The molecule has 228 valence electrons. The monoisotopic (exact) mass is 582 g/mol. The summed E-state index contributed by atoms with van der Waals surface area (Å²) in [5.74, 6) is -0.540. The van der Waals surface area contributed by atoms with Crippen molar-refractivity contribution in [1.82, 2.24) is 24.8 Å². The molecule has 0 radical (unpaired) electrons. The molecule has 42 heavy (non-hydrogen) atoms. The van der Waals surface area contributed by atoms with Crippen LogP contribution in [0.5, 0.6) is 0 Å². The molecule has 2 aromatic heterocycles. The van der Waals surface area contributed by atoms with Gasteiger partial charge in [0.05, 0.1) is 5.69 Å². The van der Waals surface area contributed by atoms with Crippen molar-refractivity contribution in [3.63, 3.8) is 0 Å². The number of carbonyl (C=O) groups excluding carboxylic acids is 3. The maximum Gasteiger partial charge on any atom is 0.407 e. The quantitative estimate of drug-likeness (QED) is 0.445. The van der Waals surface area contributed by atoms with Crippen LogP contribution in [0.15, 0.2) is 23.3 Å². The number of amides is 3. The molecule has 0 saturated carbocycles. The number of nitrogens with zero attached hydrogens (tertiary/aromatic N) is 5. The number of hydrogen-bond donors (Lipinski definition) is 3. The summed E-state index contributed by atoms with van der Waals surface area (Å²) in [7, 11) is 0. The third kappa shape index (κ3) is 7.56. The number of carbonyl (C=O) groups is 3. The third-order valence-electron chi connectivity index (χ3n) is 7.20. The lowest BCUT2D eigenvalue weighted by atomic mass is 10.1. The Morgan fingerprint density at radius 3 is 2.43 bits per heavy atom. The number of rotatable bonds is 7. The number of anilines is 3. The molecule has 13 heteroatoms. The van der Waals surface area contributed by atoms with Crippen molar-refractivity contribution in [2.75, 3.05) is 36.4 Å². The van der Waals surface area contributed by atoms with Gasteiger partial charge in [-0.1, -0.05) is 0 Å².